The highest BCUT2D eigenvalue weighted by Crippen LogP contribution is 2.34. The lowest BCUT2D eigenvalue weighted by atomic mass is 9.91. The summed E-state index contributed by atoms with van der Waals surface area (Å²) in [5.74, 6) is 0.315. The summed E-state index contributed by atoms with van der Waals surface area (Å²) in [5.41, 5.74) is 5.48. The molecule has 2 unspecified atom stereocenters. The number of ether oxygens (including phenoxy) is 1. The summed E-state index contributed by atoms with van der Waals surface area (Å²) in [4.78, 5) is 2.59. The molecule has 17 heavy (non-hydrogen) atoms. The molecule has 0 bridgehead atoms. The van der Waals surface area contributed by atoms with Crippen molar-refractivity contribution in [3.63, 3.8) is 0 Å². The first-order chi connectivity index (χ1) is 8.20. The van der Waals surface area contributed by atoms with Gasteiger partial charge in [0.2, 0.25) is 0 Å². The fraction of sp³-hybridized carbons (Fsp3) is 0.923. The lowest BCUT2D eigenvalue weighted by Crippen LogP contribution is -2.43. The summed E-state index contributed by atoms with van der Waals surface area (Å²) < 4.78 is 5.50. The maximum atomic E-state index is 7.37. The van der Waals surface area contributed by atoms with Gasteiger partial charge in [0.25, 0.3) is 0 Å². The molecule has 0 radical (unpaired) electrons. The van der Waals surface area contributed by atoms with Crippen molar-refractivity contribution in [1.29, 1.82) is 5.41 Å². The van der Waals surface area contributed by atoms with E-state index in [9.17, 15) is 0 Å². The van der Waals surface area contributed by atoms with E-state index in [1.165, 1.54) is 32.1 Å². The number of hydrogen-bond donors (Lipinski definition) is 2. The first kappa shape index (κ1) is 12.8. The van der Waals surface area contributed by atoms with Gasteiger partial charge in [0, 0.05) is 32.2 Å². The zero-order valence-electron chi connectivity index (χ0n) is 10.8. The molecule has 2 fully saturated rings. The molecule has 98 valence electrons. The predicted molar refractivity (Wildman–Crippen MR) is 69.3 cm³/mol. The van der Waals surface area contributed by atoms with E-state index in [0.29, 0.717) is 24.4 Å². The molecule has 0 heterocycles. The Morgan fingerprint density at radius 3 is 2.65 bits per heavy atom. The van der Waals surface area contributed by atoms with Crippen molar-refractivity contribution in [2.45, 2.75) is 63.1 Å². The molecule has 0 aromatic carbocycles. The van der Waals surface area contributed by atoms with Crippen molar-refractivity contribution in [3.05, 3.63) is 0 Å². The number of rotatable bonds is 6. The maximum Gasteiger partial charge on any atom is 0.0918 e. The molecule has 0 spiro atoms. The number of nitrogens with one attached hydrogen (secondary N) is 1. The molecule has 0 saturated heterocycles. The van der Waals surface area contributed by atoms with E-state index in [1.807, 2.05) is 7.11 Å². The van der Waals surface area contributed by atoms with Crippen molar-refractivity contribution in [3.8, 4) is 0 Å². The van der Waals surface area contributed by atoms with Crippen LogP contribution in [-0.2, 0) is 4.74 Å². The third-order valence-electron chi connectivity index (χ3n) is 4.06. The van der Waals surface area contributed by atoms with Crippen LogP contribution >= 0.6 is 0 Å². The van der Waals surface area contributed by atoms with Crippen LogP contribution in [0, 0.1) is 5.41 Å². The Morgan fingerprint density at radius 1 is 1.29 bits per heavy atom. The standard InChI is InChI=1S/C13H25N3O/c1-17-12-4-2-3-11(9-12)16(10-5-6-10)8-7-13(14)15/h10-12H,2-9H2,1H3,(H3,14,15). The van der Waals surface area contributed by atoms with E-state index in [1.54, 1.807) is 0 Å². The Balaban J connectivity index is 1.88. The molecule has 4 nitrogen and oxygen atoms in total. The van der Waals surface area contributed by atoms with Crippen molar-refractivity contribution in [2.24, 2.45) is 5.73 Å². The molecule has 2 saturated carbocycles. The third-order valence-corrected chi connectivity index (χ3v) is 4.06. The average Bonchev–Trinajstić information content (AvgIpc) is 3.14. The molecular formula is C13H25N3O. The number of nitrogens with two attached hydrogens (primary N) is 1. The zero-order valence-corrected chi connectivity index (χ0v) is 10.8. The molecule has 2 rings (SSSR count). The minimum atomic E-state index is 0.315. The van der Waals surface area contributed by atoms with Crippen LogP contribution in [0.3, 0.4) is 0 Å². The minimum absolute atomic E-state index is 0.315. The van der Waals surface area contributed by atoms with E-state index in [-0.39, 0.29) is 0 Å². The van der Waals surface area contributed by atoms with Gasteiger partial charge in [0.1, 0.15) is 0 Å². The summed E-state index contributed by atoms with van der Waals surface area (Å²) in [7, 11) is 1.82. The Bertz CT molecular complexity index is 265. The Hall–Kier alpha value is -0.610. The van der Waals surface area contributed by atoms with Gasteiger partial charge in [-0.05, 0) is 38.5 Å². The lowest BCUT2D eigenvalue weighted by Gasteiger charge is -2.37. The normalized spacial score (nSPS) is 29.5. The van der Waals surface area contributed by atoms with Crippen molar-refractivity contribution < 1.29 is 4.74 Å². The molecule has 3 N–H and O–H groups in total. The van der Waals surface area contributed by atoms with E-state index < -0.39 is 0 Å². The van der Waals surface area contributed by atoms with Gasteiger partial charge >= 0.3 is 0 Å². The summed E-state index contributed by atoms with van der Waals surface area (Å²) in [6.45, 7) is 0.959. The fourth-order valence-electron chi connectivity index (χ4n) is 2.95. The second-order valence-electron chi connectivity index (χ2n) is 5.42. The first-order valence-corrected chi connectivity index (χ1v) is 6.82. The molecule has 4 heteroatoms. The Kier molecular flexibility index (Phi) is 4.40. The average molecular weight is 239 g/mol. The minimum Gasteiger partial charge on any atom is -0.388 e. The highest BCUT2D eigenvalue weighted by atomic mass is 16.5. The monoisotopic (exact) mass is 239 g/mol. The zero-order chi connectivity index (χ0) is 12.3. The van der Waals surface area contributed by atoms with Gasteiger partial charge in [-0.15, -0.1) is 0 Å². The fourth-order valence-corrected chi connectivity index (χ4v) is 2.95. The van der Waals surface area contributed by atoms with Gasteiger partial charge in [0.05, 0.1) is 11.9 Å². The maximum absolute atomic E-state index is 7.37. The van der Waals surface area contributed by atoms with Crippen molar-refractivity contribution in [2.75, 3.05) is 13.7 Å². The lowest BCUT2D eigenvalue weighted by molar-refractivity contribution is 0.0261. The number of nitrogens with zero attached hydrogens (tertiary/aromatic N) is 1. The molecule has 0 aromatic heterocycles. The molecule has 0 aromatic rings. The second kappa shape index (κ2) is 5.83. The number of amidine groups is 1. The topological polar surface area (TPSA) is 62.3 Å². The summed E-state index contributed by atoms with van der Waals surface area (Å²) >= 11 is 0. The van der Waals surface area contributed by atoms with Crippen LogP contribution in [0.5, 0.6) is 0 Å². The number of methoxy groups -OCH3 is 1. The van der Waals surface area contributed by atoms with Gasteiger partial charge < -0.3 is 10.5 Å². The molecule has 0 amide bonds. The molecule has 2 aliphatic rings. The van der Waals surface area contributed by atoms with E-state index in [0.717, 1.165) is 19.0 Å². The smallest absolute Gasteiger partial charge is 0.0918 e. The molecule has 2 atom stereocenters. The SMILES string of the molecule is COC1CCCC(N(CCC(=N)N)C2CC2)C1. The van der Waals surface area contributed by atoms with Crippen LogP contribution in [0.2, 0.25) is 0 Å². The van der Waals surface area contributed by atoms with Gasteiger partial charge in [-0.3, -0.25) is 10.3 Å². The van der Waals surface area contributed by atoms with E-state index >= 15 is 0 Å². The van der Waals surface area contributed by atoms with Gasteiger partial charge in [-0.25, -0.2) is 0 Å². The third kappa shape index (κ3) is 3.68. The first-order valence-electron chi connectivity index (χ1n) is 6.82. The highest BCUT2D eigenvalue weighted by Gasteiger charge is 2.35. The van der Waals surface area contributed by atoms with Crippen LogP contribution in [-0.4, -0.2) is 42.6 Å². The summed E-state index contributed by atoms with van der Waals surface area (Å²) in [5, 5.41) is 7.37. The Labute approximate surface area is 104 Å². The largest absolute Gasteiger partial charge is 0.388 e. The molecule has 0 aliphatic heterocycles. The van der Waals surface area contributed by atoms with Crippen LogP contribution in [0.25, 0.3) is 0 Å². The van der Waals surface area contributed by atoms with Gasteiger partial charge in [-0.2, -0.15) is 0 Å². The quantitative estimate of drug-likeness (QED) is 0.548. The van der Waals surface area contributed by atoms with E-state index in [4.69, 9.17) is 15.9 Å². The van der Waals surface area contributed by atoms with Crippen LogP contribution in [0.4, 0.5) is 0 Å². The van der Waals surface area contributed by atoms with Gasteiger partial charge in [-0.1, -0.05) is 0 Å². The van der Waals surface area contributed by atoms with Gasteiger partial charge in [0.15, 0.2) is 0 Å². The van der Waals surface area contributed by atoms with Crippen molar-refractivity contribution in [1.82, 2.24) is 4.90 Å². The summed E-state index contributed by atoms with van der Waals surface area (Å²) in [6, 6.07) is 1.41. The van der Waals surface area contributed by atoms with Crippen LogP contribution in [0.1, 0.15) is 44.9 Å². The van der Waals surface area contributed by atoms with Crippen molar-refractivity contribution >= 4 is 5.84 Å². The molecular weight excluding hydrogens is 214 g/mol. The van der Waals surface area contributed by atoms with Crippen LogP contribution < -0.4 is 5.73 Å². The van der Waals surface area contributed by atoms with E-state index in [2.05, 4.69) is 4.90 Å². The Morgan fingerprint density at radius 2 is 2.06 bits per heavy atom. The second-order valence-corrected chi connectivity index (χ2v) is 5.42. The predicted octanol–water partition coefficient (Wildman–Crippen LogP) is 1.73. The molecule has 2 aliphatic carbocycles. The highest BCUT2D eigenvalue weighted by molar-refractivity contribution is 5.76. The summed E-state index contributed by atoms with van der Waals surface area (Å²) in [6.07, 6.45) is 8.72. The number of hydrogen-bond acceptors (Lipinski definition) is 3. The van der Waals surface area contributed by atoms with Crippen LogP contribution in [0.15, 0.2) is 0 Å².